The van der Waals surface area contributed by atoms with Gasteiger partial charge in [0.2, 0.25) is 0 Å². The number of carbonyl (C=O) groups excluding carboxylic acids is 1. The van der Waals surface area contributed by atoms with Gasteiger partial charge in [-0.25, -0.2) is 0 Å². The van der Waals surface area contributed by atoms with Crippen LogP contribution in [0.3, 0.4) is 0 Å². The fourth-order valence-corrected chi connectivity index (χ4v) is 2.32. The third-order valence-electron chi connectivity index (χ3n) is 3.36. The summed E-state index contributed by atoms with van der Waals surface area (Å²) in [5, 5.41) is 9.99. The molecule has 1 unspecified atom stereocenters. The number of aryl methyl sites for hydroxylation is 2. The molecule has 3 heteroatoms. The molecule has 0 saturated heterocycles. The maximum Gasteiger partial charge on any atom is 0.305 e. The van der Waals surface area contributed by atoms with E-state index in [2.05, 4.69) is 16.9 Å². The molecule has 0 amide bonds. The first-order valence-corrected chi connectivity index (χ1v) is 6.07. The Morgan fingerprint density at radius 3 is 2.94 bits per heavy atom. The summed E-state index contributed by atoms with van der Waals surface area (Å²) in [5.41, 5.74) is 3.66. The van der Waals surface area contributed by atoms with Crippen molar-refractivity contribution in [3.05, 3.63) is 34.9 Å². The molecule has 0 bridgehead atoms. The molecule has 1 aliphatic rings. The van der Waals surface area contributed by atoms with Crippen LogP contribution >= 0.6 is 0 Å². The Bertz CT molecular complexity index is 412. The average molecular weight is 234 g/mol. The van der Waals surface area contributed by atoms with Crippen molar-refractivity contribution in [1.29, 1.82) is 0 Å². The standard InChI is InChI=1S/C14H18O3/c1-17-14(16)8-7-13(15)12-6-5-10-3-2-4-11(10)9-12/h5-6,9,13,15H,2-4,7-8H2,1H3. The number of ether oxygens (including phenoxy) is 1. The van der Waals surface area contributed by atoms with Crippen molar-refractivity contribution in [2.75, 3.05) is 7.11 Å². The minimum atomic E-state index is -0.569. The Morgan fingerprint density at radius 2 is 2.18 bits per heavy atom. The average Bonchev–Trinajstić information content (AvgIpc) is 2.82. The van der Waals surface area contributed by atoms with Crippen molar-refractivity contribution < 1.29 is 14.6 Å². The lowest BCUT2D eigenvalue weighted by Gasteiger charge is -2.11. The largest absolute Gasteiger partial charge is 0.469 e. The number of aliphatic hydroxyl groups is 1. The van der Waals surface area contributed by atoms with Gasteiger partial charge < -0.3 is 9.84 Å². The first kappa shape index (κ1) is 12.1. The second-order valence-corrected chi connectivity index (χ2v) is 4.51. The first-order chi connectivity index (χ1) is 8.20. The van der Waals surface area contributed by atoms with Crippen LogP contribution < -0.4 is 0 Å². The molecule has 1 atom stereocenters. The Balaban J connectivity index is 1.99. The summed E-state index contributed by atoms with van der Waals surface area (Å²) in [6.07, 6.45) is 3.57. The summed E-state index contributed by atoms with van der Waals surface area (Å²) in [7, 11) is 1.37. The number of fused-ring (bicyclic) bond motifs is 1. The lowest BCUT2D eigenvalue weighted by atomic mass is 10.00. The minimum Gasteiger partial charge on any atom is -0.469 e. The Morgan fingerprint density at radius 1 is 1.41 bits per heavy atom. The van der Waals surface area contributed by atoms with Gasteiger partial charge in [0, 0.05) is 6.42 Å². The number of rotatable bonds is 4. The fraction of sp³-hybridized carbons (Fsp3) is 0.500. The van der Waals surface area contributed by atoms with Gasteiger partial charge in [-0.3, -0.25) is 4.79 Å². The Hall–Kier alpha value is -1.35. The van der Waals surface area contributed by atoms with Crippen LogP contribution in [0.5, 0.6) is 0 Å². The molecule has 0 aliphatic heterocycles. The molecule has 1 aliphatic carbocycles. The zero-order chi connectivity index (χ0) is 12.3. The molecule has 1 aromatic carbocycles. The van der Waals surface area contributed by atoms with Crippen LogP contribution in [0.2, 0.25) is 0 Å². The lowest BCUT2D eigenvalue weighted by Crippen LogP contribution is -2.05. The number of benzene rings is 1. The van der Waals surface area contributed by atoms with Crippen LogP contribution in [0.15, 0.2) is 18.2 Å². The van der Waals surface area contributed by atoms with Gasteiger partial charge in [0.25, 0.3) is 0 Å². The highest BCUT2D eigenvalue weighted by molar-refractivity contribution is 5.69. The van der Waals surface area contributed by atoms with Crippen molar-refractivity contribution in [2.45, 2.75) is 38.2 Å². The molecule has 1 N–H and O–H groups in total. The van der Waals surface area contributed by atoms with Gasteiger partial charge in [0.15, 0.2) is 0 Å². The van der Waals surface area contributed by atoms with Gasteiger partial charge in [-0.2, -0.15) is 0 Å². The molecule has 0 heterocycles. The van der Waals surface area contributed by atoms with Crippen LogP contribution in [-0.2, 0) is 22.4 Å². The van der Waals surface area contributed by atoms with E-state index in [9.17, 15) is 9.90 Å². The topological polar surface area (TPSA) is 46.5 Å². The molecular weight excluding hydrogens is 216 g/mol. The molecule has 0 saturated carbocycles. The van der Waals surface area contributed by atoms with Gasteiger partial charge in [-0.05, 0) is 42.4 Å². The van der Waals surface area contributed by atoms with Gasteiger partial charge in [-0.15, -0.1) is 0 Å². The maximum absolute atomic E-state index is 11.0. The third kappa shape index (κ3) is 2.86. The lowest BCUT2D eigenvalue weighted by molar-refractivity contribution is -0.141. The van der Waals surface area contributed by atoms with E-state index < -0.39 is 6.10 Å². The highest BCUT2D eigenvalue weighted by atomic mass is 16.5. The van der Waals surface area contributed by atoms with Crippen LogP contribution in [0.4, 0.5) is 0 Å². The molecule has 0 aromatic heterocycles. The van der Waals surface area contributed by atoms with Crippen molar-refractivity contribution in [1.82, 2.24) is 0 Å². The first-order valence-electron chi connectivity index (χ1n) is 6.07. The second kappa shape index (κ2) is 5.32. The zero-order valence-electron chi connectivity index (χ0n) is 10.1. The predicted octanol–water partition coefficient (Wildman–Crippen LogP) is 2.16. The molecule has 0 fully saturated rings. The summed E-state index contributed by atoms with van der Waals surface area (Å²) in [4.78, 5) is 11.0. The van der Waals surface area contributed by atoms with Crippen molar-refractivity contribution >= 4 is 5.97 Å². The van der Waals surface area contributed by atoms with Crippen molar-refractivity contribution in [2.24, 2.45) is 0 Å². The highest BCUT2D eigenvalue weighted by Gasteiger charge is 2.15. The van der Waals surface area contributed by atoms with Crippen LogP contribution in [0.25, 0.3) is 0 Å². The van der Waals surface area contributed by atoms with E-state index >= 15 is 0 Å². The maximum atomic E-state index is 11.0. The molecule has 2 rings (SSSR count). The molecule has 1 aromatic rings. The minimum absolute atomic E-state index is 0.259. The van der Waals surface area contributed by atoms with Crippen LogP contribution in [-0.4, -0.2) is 18.2 Å². The molecule has 92 valence electrons. The smallest absolute Gasteiger partial charge is 0.305 e. The van der Waals surface area contributed by atoms with E-state index in [1.807, 2.05) is 6.07 Å². The summed E-state index contributed by atoms with van der Waals surface area (Å²) < 4.78 is 4.56. The van der Waals surface area contributed by atoms with Gasteiger partial charge in [0.1, 0.15) is 0 Å². The van der Waals surface area contributed by atoms with Crippen LogP contribution in [0.1, 0.15) is 42.1 Å². The number of carbonyl (C=O) groups is 1. The fourth-order valence-electron chi connectivity index (χ4n) is 2.32. The predicted molar refractivity (Wildman–Crippen MR) is 64.7 cm³/mol. The summed E-state index contributed by atoms with van der Waals surface area (Å²) in [5.74, 6) is -0.273. The molecule has 0 spiro atoms. The van der Waals surface area contributed by atoms with Gasteiger partial charge in [0.05, 0.1) is 13.2 Å². The van der Waals surface area contributed by atoms with E-state index in [1.165, 1.54) is 24.7 Å². The summed E-state index contributed by atoms with van der Waals surface area (Å²) >= 11 is 0. The van der Waals surface area contributed by atoms with Crippen molar-refractivity contribution in [3.63, 3.8) is 0 Å². The van der Waals surface area contributed by atoms with Gasteiger partial charge >= 0.3 is 5.97 Å². The van der Waals surface area contributed by atoms with E-state index in [-0.39, 0.29) is 12.4 Å². The number of hydrogen-bond acceptors (Lipinski definition) is 3. The third-order valence-corrected chi connectivity index (χ3v) is 3.36. The summed E-state index contributed by atoms with van der Waals surface area (Å²) in [6, 6.07) is 6.13. The molecular formula is C14H18O3. The Kier molecular flexibility index (Phi) is 3.79. The quantitative estimate of drug-likeness (QED) is 0.812. The van der Waals surface area contributed by atoms with Crippen LogP contribution in [0, 0.1) is 0 Å². The van der Waals surface area contributed by atoms with Crippen molar-refractivity contribution in [3.8, 4) is 0 Å². The number of esters is 1. The van der Waals surface area contributed by atoms with Gasteiger partial charge in [-0.1, -0.05) is 18.2 Å². The molecule has 3 nitrogen and oxygen atoms in total. The van der Waals surface area contributed by atoms with E-state index in [4.69, 9.17) is 0 Å². The highest BCUT2D eigenvalue weighted by Crippen LogP contribution is 2.27. The summed E-state index contributed by atoms with van der Waals surface area (Å²) in [6.45, 7) is 0. The number of aliphatic hydroxyl groups excluding tert-OH is 1. The Labute approximate surface area is 101 Å². The normalized spacial score (nSPS) is 15.4. The van der Waals surface area contributed by atoms with E-state index in [0.717, 1.165) is 18.4 Å². The van der Waals surface area contributed by atoms with E-state index in [1.54, 1.807) is 0 Å². The second-order valence-electron chi connectivity index (χ2n) is 4.51. The van der Waals surface area contributed by atoms with E-state index in [0.29, 0.717) is 6.42 Å². The number of methoxy groups -OCH3 is 1. The molecule has 17 heavy (non-hydrogen) atoms. The molecule has 0 radical (unpaired) electrons. The zero-order valence-corrected chi connectivity index (χ0v) is 10.1. The number of hydrogen-bond donors (Lipinski definition) is 1. The SMILES string of the molecule is COC(=O)CCC(O)c1ccc2c(c1)CCC2. The monoisotopic (exact) mass is 234 g/mol.